The maximum Gasteiger partial charge on any atom is 0.242 e. The first-order valence-corrected chi connectivity index (χ1v) is 7.21. The van der Waals surface area contributed by atoms with Crippen LogP contribution in [-0.2, 0) is 9.59 Å². The average Bonchev–Trinajstić information content (AvgIpc) is 2.35. The van der Waals surface area contributed by atoms with Gasteiger partial charge in [0.1, 0.15) is 6.04 Å². The van der Waals surface area contributed by atoms with Crippen LogP contribution in [0.15, 0.2) is 0 Å². The molecular formula is C14H27N3O2. The molecule has 5 nitrogen and oxygen atoms in total. The third kappa shape index (κ3) is 5.59. The predicted octanol–water partition coefficient (Wildman–Crippen LogP) is 0.651. The van der Waals surface area contributed by atoms with E-state index in [0.29, 0.717) is 18.5 Å². The Morgan fingerprint density at radius 1 is 1.32 bits per heavy atom. The average molecular weight is 269 g/mol. The molecule has 1 rings (SSSR count). The van der Waals surface area contributed by atoms with E-state index in [4.69, 9.17) is 0 Å². The van der Waals surface area contributed by atoms with Crippen LogP contribution in [0.1, 0.15) is 40.5 Å². The van der Waals surface area contributed by atoms with E-state index in [1.54, 1.807) is 6.92 Å². The van der Waals surface area contributed by atoms with Crippen LogP contribution in [0.4, 0.5) is 0 Å². The molecule has 110 valence electrons. The van der Waals surface area contributed by atoms with Gasteiger partial charge in [0.2, 0.25) is 11.8 Å². The van der Waals surface area contributed by atoms with E-state index >= 15 is 0 Å². The van der Waals surface area contributed by atoms with Crippen LogP contribution >= 0.6 is 0 Å². The van der Waals surface area contributed by atoms with Gasteiger partial charge in [0.05, 0.1) is 0 Å². The zero-order valence-electron chi connectivity index (χ0n) is 12.5. The highest BCUT2D eigenvalue weighted by Crippen LogP contribution is 2.16. The molecular weight excluding hydrogens is 242 g/mol. The summed E-state index contributed by atoms with van der Waals surface area (Å²) in [4.78, 5) is 23.9. The third-order valence-corrected chi connectivity index (χ3v) is 3.43. The van der Waals surface area contributed by atoms with Gasteiger partial charge < -0.3 is 16.0 Å². The molecule has 0 bridgehead atoms. The largest absolute Gasteiger partial charge is 0.354 e. The molecule has 0 aromatic rings. The number of nitrogens with one attached hydrogen (secondary N) is 3. The summed E-state index contributed by atoms with van der Waals surface area (Å²) in [6, 6.07) is -0.0917. The van der Waals surface area contributed by atoms with Crippen molar-refractivity contribution in [3.8, 4) is 0 Å². The Morgan fingerprint density at radius 3 is 2.58 bits per heavy atom. The number of hydrogen-bond acceptors (Lipinski definition) is 3. The molecule has 1 fully saturated rings. The van der Waals surface area contributed by atoms with E-state index in [2.05, 4.69) is 22.9 Å². The summed E-state index contributed by atoms with van der Waals surface area (Å²) in [6.45, 7) is 9.41. The molecule has 5 heteroatoms. The van der Waals surface area contributed by atoms with Crippen molar-refractivity contribution in [2.24, 2.45) is 11.8 Å². The van der Waals surface area contributed by atoms with Crippen molar-refractivity contribution >= 4 is 11.8 Å². The third-order valence-electron chi connectivity index (χ3n) is 3.43. The smallest absolute Gasteiger partial charge is 0.242 e. The van der Waals surface area contributed by atoms with Gasteiger partial charge in [0.25, 0.3) is 0 Å². The zero-order valence-corrected chi connectivity index (χ0v) is 12.5. The normalized spacial score (nSPS) is 24.9. The fraction of sp³-hybridized carbons (Fsp3) is 0.857. The molecule has 0 aliphatic carbocycles. The Kier molecular flexibility index (Phi) is 6.28. The lowest BCUT2D eigenvalue weighted by atomic mass is 9.92. The molecule has 0 spiro atoms. The lowest BCUT2D eigenvalue weighted by Crippen LogP contribution is -2.49. The Morgan fingerprint density at radius 2 is 2.00 bits per heavy atom. The number of carbonyl (C=O) groups excluding carboxylic acids is 2. The van der Waals surface area contributed by atoms with Crippen LogP contribution in [0, 0.1) is 11.8 Å². The summed E-state index contributed by atoms with van der Waals surface area (Å²) in [5.41, 5.74) is 0. The molecule has 19 heavy (non-hydrogen) atoms. The summed E-state index contributed by atoms with van der Waals surface area (Å²) < 4.78 is 0. The molecule has 3 unspecified atom stereocenters. The van der Waals surface area contributed by atoms with Crippen molar-refractivity contribution in [3.63, 3.8) is 0 Å². The van der Waals surface area contributed by atoms with Gasteiger partial charge in [0.15, 0.2) is 0 Å². The molecule has 3 atom stereocenters. The SMILES string of the molecule is CC(C)CNC(=O)C(C)NC(=O)C1CCNC(C)C1. The number of hydrogen-bond donors (Lipinski definition) is 3. The minimum absolute atomic E-state index is 0.000506. The minimum atomic E-state index is -0.462. The van der Waals surface area contributed by atoms with E-state index in [0.717, 1.165) is 19.4 Å². The lowest BCUT2D eigenvalue weighted by molar-refractivity contribution is -0.131. The standard InChI is InChI=1S/C14H27N3O2/c1-9(2)8-16-13(18)11(4)17-14(19)12-5-6-15-10(3)7-12/h9-12,15H,5-8H2,1-4H3,(H,16,18)(H,17,19). The summed E-state index contributed by atoms with van der Waals surface area (Å²) in [5, 5.41) is 8.96. The summed E-state index contributed by atoms with van der Waals surface area (Å²) in [7, 11) is 0. The number of piperidine rings is 1. The Hall–Kier alpha value is -1.10. The van der Waals surface area contributed by atoms with Crippen molar-refractivity contribution < 1.29 is 9.59 Å². The van der Waals surface area contributed by atoms with E-state index < -0.39 is 6.04 Å². The second-order valence-corrected chi connectivity index (χ2v) is 5.95. The van der Waals surface area contributed by atoms with Crippen LogP contribution < -0.4 is 16.0 Å². The predicted molar refractivity (Wildman–Crippen MR) is 75.6 cm³/mol. The maximum atomic E-state index is 12.1. The number of rotatable bonds is 5. The first-order chi connectivity index (χ1) is 8.90. The van der Waals surface area contributed by atoms with Gasteiger partial charge in [0, 0.05) is 18.5 Å². The summed E-state index contributed by atoms with van der Waals surface area (Å²) in [6.07, 6.45) is 1.68. The van der Waals surface area contributed by atoms with Crippen LogP contribution in [0.2, 0.25) is 0 Å². The topological polar surface area (TPSA) is 70.2 Å². The van der Waals surface area contributed by atoms with E-state index in [1.807, 2.05) is 13.8 Å². The van der Waals surface area contributed by atoms with Crippen molar-refractivity contribution in [3.05, 3.63) is 0 Å². The van der Waals surface area contributed by atoms with Crippen molar-refractivity contribution in [2.75, 3.05) is 13.1 Å². The Balaban J connectivity index is 2.36. The molecule has 2 amide bonds. The Bertz CT molecular complexity index is 318. The molecule has 1 aliphatic rings. The molecule has 0 radical (unpaired) electrons. The van der Waals surface area contributed by atoms with E-state index in [9.17, 15) is 9.59 Å². The summed E-state index contributed by atoms with van der Waals surface area (Å²) >= 11 is 0. The second kappa shape index (κ2) is 7.48. The minimum Gasteiger partial charge on any atom is -0.354 e. The van der Waals surface area contributed by atoms with Gasteiger partial charge in [-0.05, 0) is 39.2 Å². The lowest BCUT2D eigenvalue weighted by Gasteiger charge is -2.28. The van der Waals surface area contributed by atoms with E-state index in [-0.39, 0.29) is 17.7 Å². The molecule has 1 aliphatic heterocycles. The van der Waals surface area contributed by atoms with Gasteiger partial charge in [-0.25, -0.2) is 0 Å². The van der Waals surface area contributed by atoms with E-state index in [1.165, 1.54) is 0 Å². The van der Waals surface area contributed by atoms with Crippen LogP contribution in [-0.4, -0.2) is 37.0 Å². The van der Waals surface area contributed by atoms with Crippen LogP contribution in [0.3, 0.4) is 0 Å². The van der Waals surface area contributed by atoms with Crippen LogP contribution in [0.25, 0.3) is 0 Å². The maximum absolute atomic E-state index is 12.1. The number of amides is 2. The van der Waals surface area contributed by atoms with Gasteiger partial charge in [-0.2, -0.15) is 0 Å². The molecule has 3 N–H and O–H groups in total. The van der Waals surface area contributed by atoms with Gasteiger partial charge in [-0.3, -0.25) is 9.59 Å². The van der Waals surface area contributed by atoms with Crippen LogP contribution in [0.5, 0.6) is 0 Å². The van der Waals surface area contributed by atoms with Crippen molar-refractivity contribution in [1.82, 2.24) is 16.0 Å². The second-order valence-electron chi connectivity index (χ2n) is 5.95. The van der Waals surface area contributed by atoms with Crippen molar-refractivity contribution in [1.29, 1.82) is 0 Å². The summed E-state index contributed by atoms with van der Waals surface area (Å²) in [5.74, 6) is 0.332. The fourth-order valence-electron chi connectivity index (χ4n) is 2.22. The van der Waals surface area contributed by atoms with Gasteiger partial charge >= 0.3 is 0 Å². The quantitative estimate of drug-likeness (QED) is 0.686. The molecule has 0 aromatic carbocycles. The Labute approximate surface area is 115 Å². The monoisotopic (exact) mass is 269 g/mol. The first kappa shape index (κ1) is 16.0. The molecule has 0 aromatic heterocycles. The molecule has 1 heterocycles. The highest BCUT2D eigenvalue weighted by atomic mass is 16.2. The first-order valence-electron chi connectivity index (χ1n) is 7.21. The van der Waals surface area contributed by atoms with Gasteiger partial charge in [-0.15, -0.1) is 0 Å². The molecule has 1 saturated heterocycles. The highest BCUT2D eigenvalue weighted by Gasteiger charge is 2.26. The van der Waals surface area contributed by atoms with Gasteiger partial charge in [-0.1, -0.05) is 13.8 Å². The zero-order chi connectivity index (χ0) is 14.4. The number of carbonyl (C=O) groups is 2. The van der Waals surface area contributed by atoms with Crippen molar-refractivity contribution in [2.45, 2.75) is 52.6 Å². The highest BCUT2D eigenvalue weighted by molar-refractivity contribution is 5.88. The fourth-order valence-corrected chi connectivity index (χ4v) is 2.22. The molecule has 0 saturated carbocycles.